The molecule has 5 rings (SSSR count). The second kappa shape index (κ2) is 9.29. The highest BCUT2D eigenvalue weighted by molar-refractivity contribution is 7.89. The fourth-order valence-corrected chi connectivity index (χ4v) is 6.94. The number of nitrogens with one attached hydrogen (secondary N) is 1. The SMILES string of the molecule is Cl.O=C(c1cc2c(s1)CNCC2)N1CCN(S(=O)(=O)c2ccc3cc(Cl)ccc3c2)CC1. The molecule has 3 aromatic rings. The van der Waals surface area contributed by atoms with Gasteiger partial charge >= 0.3 is 0 Å². The van der Waals surface area contributed by atoms with Gasteiger partial charge in [-0.2, -0.15) is 4.31 Å². The Morgan fingerprint density at radius 3 is 2.47 bits per heavy atom. The van der Waals surface area contributed by atoms with Gasteiger partial charge in [-0.15, -0.1) is 23.7 Å². The van der Waals surface area contributed by atoms with Crippen molar-refractivity contribution in [3.8, 4) is 0 Å². The summed E-state index contributed by atoms with van der Waals surface area (Å²) in [7, 11) is -3.62. The number of nitrogens with zero attached hydrogens (tertiary/aromatic N) is 2. The molecule has 1 amide bonds. The number of sulfonamides is 1. The predicted molar refractivity (Wildman–Crippen MR) is 131 cm³/mol. The zero-order chi connectivity index (χ0) is 21.6. The number of hydrogen-bond acceptors (Lipinski definition) is 5. The summed E-state index contributed by atoms with van der Waals surface area (Å²) in [4.78, 5) is 17.0. The molecule has 1 saturated heterocycles. The Morgan fingerprint density at radius 1 is 1.00 bits per heavy atom. The molecule has 0 spiro atoms. The van der Waals surface area contributed by atoms with Gasteiger partial charge in [0, 0.05) is 42.6 Å². The fraction of sp³-hybridized carbons (Fsp3) is 0.318. The van der Waals surface area contributed by atoms with E-state index in [1.807, 2.05) is 18.2 Å². The van der Waals surface area contributed by atoms with E-state index in [4.69, 9.17) is 11.6 Å². The van der Waals surface area contributed by atoms with Gasteiger partial charge < -0.3 is 10.2 Å². The minimum atomic E-state index is -3.62. The van der Waals surface area contributed by atoms with Gasteiger partial charge in [-0.25, -0.2) is 8.42 Å². The van der Waals surface area contributed by atoms with Gasteiger partial charge in [-0.1, -0.05) is 23.7 Å². The Kier molecular flexibility index (Phi) is 6.81. The van der Waals surface area contributed by atoms with Gasteiger partial charge in [-0.3, -0.25) is 4.79 Å². The number of piperazine rings is 1. The molecular weight excluding hydrogens is 489 g/mol. The third-order valence-electron chi connectivity index (χ3n) is 5.90. The van der Waals surface area contributed by atoms with E-state index >= 15 is 0 Å². The Hall–Kier alpha value is -1.68. The molecule has 2 aromatic carbocycles. The number of carbonyl (C=O) groups excluding carboxylic acids is 1. The second-order valence-corrected chi connectivity index (χ2v) is 11.3. The highest BCUT2D eigenvalue weighted by Gasteiger charge is 2.31. The van der Waals surface area contributed by atoms with Crippen LogP contribution in [0, 0.1) is 0 Å². The van der Waals surface area contributed by atoms with Gasteiger partial charge in [0.15, 0.2) is 0 Å². The average molecular weight is 512 g/mol. The molecule has 0 saturated carbocycles. The van der Waals surface area contributed by atoms with Crippen LogP contribution >= 0.6 is 35.3 Å². The van der Waals surface area contributed by atoms with Crippen molar-refractivity contribution in [3.05, 3.63) is 62.8 Å². The van der Waals surface area contributed by atoms with Crippen molar-refractivity contribution in [1.29, 1.82) is 0 Å². The summed E-state index contributed by atoms with van der Waals surface area (Å²) < 4.78 is 27.8. The third-order valence-corrected chi connectivity index (χ3v) is 9.20. The summed E-state index contributed by atoms with van der Waals surface area (Å²) in [5.41, 5.74) is 1.26. The van der Waals surface area contributed by atoms with Gasteiger partial charge in [0.25, 0.3) is 5.91 Å². The van der Waals surface area contributed by atoms with E-state index in [0.717, 1.165) is 35.2 Å². The van der Waals surface area contributed by atoms with Gasteiger partial charge in [0.05, 0.1) is 9.77 Å². The molecule has 170 valence electrons. The summed E-state index contributed by atoms with van der Waals surface area (Å²) >= 11 is 7.57. The maximum absolute atomic E-state index is 13.2. The van der Waals surface area contributed by atoms with E-state index in [2.05, 4.69) is 5.32 Å². The number of fused-ring (bicyclic) bond motifs is 2. The molecule has 1 aromatic heterocycles. The van der Waals surface area contributed by atoms with E-state index in [1.54, 1.807) is 40.5 Å². The maximum atomic E-state index is 13.2. The zero-order valence-corrected chi connectivity index (χ0v) is 20.4. The minimum Gasteiger partial charge on any atom is -0.335 e. The first-order chi connectivity index (χ1) is 14.9. The zero-order valence-electron chi connectivity index (χ0n) is 17.2. The summed E-state index contributed by atoms with van der Waals surface area (Å²) in [6.45, 7) is 3.12. The molecule has 3 heterocycles. The first-order valence-electron chi connectivity index (χ1n) is 10.2. The standard InChI is InChI=1S/C22H22ClN3O3S2.ClH/c23-18-3-1-16-12-19(4-2-15(16)11-18)31(28,29)26-9-7-25(8-10-26)22(27)20-13-17-5-6-24-14-21(17)30-20;/h1-4,11-13,24H,5-10,14H2;1H. The molecule has 0 radical (unpaired) electrons. The van der Waals surface area contributed by atoms with Crippen molar-refractivity contribution in [2.24, 2.45) is 0 Å². The Labute approximate surface area is 202 Å². The lowest BCUT2D eigenvalue weighted by molar-refractivity contribution is 0.0702. The first kappa shape index (κ1) is 23.5. The number of carbonyl (C=O) groups is 1. The lowest BCUT2D eigenvalue weighted by Gasteiger charge is -2.33. The number of hydrogen-bond donors (Lipinski definition) is 1. The van der Waals surface area contributed by atoms with Crippen molar-refractivity contribution in [3.63, 3.8) is 0 Å². The van der Waals surface area contributed by atoms with Crippen LogP contribution in [-0.2, 0) is 23.0 Å². The lowest BCUT2D eigenvalue weighted by Crippen LogP contribution is -2.50. The van der Waals surface area contributed by atoms with E-state index < -0.39 is 10.0 Å². The van der Waals surface area contributed by atoms with Crippen molar-refractivity contribution in [1.82, 2.24) is 14.5 Å². The summed E-state index contributed by atoms with van der Waals surface area (Å²) in [5.74, 6) is -0.000896. The van der Waals surface area contributed by atoms with Crippen LogP contribution in [0.25, 0.3) is 10.8 Å². The molecule has 0 unspecified atom stereocenters. The fourth-order valence-electron chi connectivity index (χ4n) is 4.15. The van der Waals surface area contributed by atoms with E-state index in [9.17, 15) is 13.2 Å². The molecule has 32 heavy (non-hydrogen) atoms. The Balaban J connectivity index is 0.00000245. The molecule has 10 heteroatoms. The maximum Gasteiger partial charge on any atom is 0.264 e. The van der Waals surface area contributed by atoms with Crippen molar-refractivity contribution in [2.45, 2.75) is 17.9 Å². The normalized spacial score (nSPS) is 17.1. The van der Waals surface area contributed by atoms with Crippen LogP contribution in [0.1, 0.15) is 20.1 Å². The number of amides is 1. The molecular formula is C22H23Cl2N3O3S2. The van der Waals surface area contributed by atoms with Crippen LogP contribution in [-0.4, -0.2) is 56.3 Å². The van der Waals surface area contributed by atoms with Crippen LogP contribution in [0.4, 0.5) is 0 Å². The van der Waals surface area contributed by atoms with Crippen molar-refractivity contribution in [2.75, 3.05) is 32.7 Å². The molecule has 0 aliphatic carbocycles. The van der Waals surface area contributed by atoms with Crippen LogP contribution < -0.4 is 5.32 Å². The number of rotatable bonds is 3. The van der Waals surface area contributed by atoms with Crippen LogP contribution in [0.5, 0.6) is 0 Å². The average Bonchev–Trinajstić information content (AvgIpc) is 3.22. The Bertz CT molecular complexity index is 1250. The quantitative estimate of drug-likeness (QED) is 0.580. The molecule has 1 fully saturated rings. The molecule has 0 atom stereocenters. The highest BCUT2D eigenvalue weighted by Crippen LogP contribution is 2.28. The van der Waals surface area contributed by atoms with Crippen molar-refractivity contribution >= 4 is 62.0 Å². The van der Waals surface area contributed by atoms with Gasteiger partial charge in [0.1, 0.15) is 0 Å². The monoisotopic (exact) mass is 511 g/mol. The number of thiophene rings is 1. The lowest BCUT2D eigenvalue weighted by atomic mass is 10.1. The second-order valence-electron chi connectivity index (χ2n) is 7.84. The highest BCUT2D eigenvalue weighted by atomic mass is 35.5. The summed E-state index contributed by atoms with van der Waals surface area (Å²) in [5, 5.41) is 5.68. The molecule has 2 aliphatic rings. The molecule has 6 nitrogen and oxygen atoms in total. The van der Waals surface area contributed by atoms with E-state index in [-0.39, 0.29) is 23.2 Å². The predicted octanol–water partition coefficient (Wildman–Crippen LogP) is 3.77. The topological polar surface area (TPSA) is 69.7 Å². The van der Waals surface area contributed by atoms with Crippen LogP contribution in [0.2, 0.25) is 5.02 Å². The third kappa shape index (κ3) is 4.40. The number of halogens is 2. The molecule has 2 aliphatic heterocycles. The van der Waals surface area contributed by atoms with Crippen molar-refractivity contribution < 1.29 is 13.2 Å². The smallest absolute Gasteiger partial charge is 0.264 e. The summed E-state index contributed by atoms with van der Waals surface area (Å²) in [6, 6.07) is 12.5. The Morgan fingerprint density at radius 2 is 1.72 bits per heavy atom. The van der Waals surface area contributed by atoms with Crippen LogP contribution in [0.15, 0.2) is 47.4 Å². The number of benzene rings is 2. The largest absolute Gasteiger partial charge is 0.335 e. The molecule has 1 N–H and O–H groups in total. The summed E-state index contributed by atoms with van der Waals surface area (Å²) in [6.07, 6.45) is 0.948. The van der Waals surface area contributed by atoms with E-state index in [1.165, 1.54) is 14.7 Å². The minimum absolute atomic E-state index is 0. The first-order valence-corrected chi connectivity index (χ1v) is 12.9. The van der Waals surface area contributed by atoms with E-state index in [0.29, 0.717) is 31.2 Å². The van der Waals surface area contributed by atoms with Gasteiger partial charge in [0.2, 0.25) is 10.0 Å². The molecule has 0 bridgehead atoms. The van der Waals surface area contributed by atoms with Gasteiger partial charge in [-0.05, 0) is 59.6 Å². The van der Waals surface area contributed by atoms with Crippen LogP contribution in [0.3, 0.4) is 0 Å².